The number of aliphatic hydroxyl groups is 2. The van der Waals surface area contributed by atoms with Gasteiger partial charge in [0.25, 0.3) is 0 Å². The fourth-order valence-electron chi connectivity index (χ4n) is 0.258. The Morgan fingerprint density at radius 3 is 1.00 bits per heavy atom. The molecule has 0 aromatic heterocycles. The monoisotopic (exact) mass is 260 g/mol. The maximum atomic E-state index is 9.63. The number of rotatable bonds is 3. The fourth-order valence-corrected chi connectivity index (χ4v) is 0.258. The van der Waals surface area contributed by atoms with Gasteiger partial charge < -0.3 is 51.9 Å². The number of carbonyl (C=O) groups is 2. The molecule has 0 saturated heterocycles. The minimum Gasteiger partial charge on any atom is -0.547 e. The minimum absolute atomic E-state index is 0. The van der Waals surface area contributed by atoms with Crippen LogP contribution < -0.4 is 10.2 Å². The molecule has 0 amide bonds. The predicted octanol–water partition coefficient (Wildman–Crippen LogP) is -8.47. The zero-order valence-electron chi connectivity index (χ0n) is 7.39. The molecule has 11 heteroatoms. The van der Waals surface area contributed by atoms with Gasteiger partial charge in [0.2, 0.25) is 0 Å². The van der Waals surface area contributed by atoms with E-state index in [4.69, 9.17) is 10.2 Å². The zero-order valence-corrected chi connectivity index (χ0v) is 9.60. The summed E-state index contributed by atoms with van der Waals surface area (Å²) in [6.45, 7) is 0. The van der Waals surface area contributed by atoms with Gasteiger partial charge in [-0.1, -0.05) is 0 Å². The van der Waals surface area contributed by atoms with Crippen molar-refractivity contribution in [2.75, 3.05) is 0 Å². The molecule has 0 aromatic carbocycles. The Balaban J connectivity index is -0.0000000405. The Kier molecular flexibility index (Phi) is 39.7. The smallest absolute Gasteiger partial charge is 0.547 e. The van der Waals surface area contributed by atoms with E-state index in [0.29, 0.717) is 0 Å². The van der Waals surface area contributed by atoms with Crippen LogP contribution in [-0.4, -0.2) is 94.0 Å². The minimum atomic E-state index is -2.44. The molecule has 0 aliphatic rings. The van der Waals surface area contributed by atoms with Gasteiger partial charge in [-0.2, -0.15) is 0 Å². The molecule has 0 heterocycles. The molecule has 10 N–H and O–H groups in total. The molecule has 0 aliphatic carbocycles. The second-order valence-corrected chi connectivity index (χ2v) is 1.53. The topological polar surface area (TPSA) is 247 Å². The fraction of sp³-hybridized carbons (Fsp3) is 0.500. The summed E-state index contributed by atoms with van der Waals surface area (Å²) in [7, 11) is 0. The van der Waals surface area contributed by atoms with E-state index in [2.05, 4.69) is 0 Å². The summed E-state index contributed by atoms with van der Waals surface area (Å²) in [5.74, 6) is -4.12. The Labute approximate surface area is 113 Å². The first-order chi connectivity index (χ1) is 4.46. The molecule has 15 heavy (non-hydrogen) atoms. The van der Waals surface area contributed by atoms with E-state index in [9.17, 15) is 19.8 Å². The third-order valence-corrected chi connectivity index (χ3v) is 0.782. The molecule has 90 valence electrons. The molecule has 0 radical (unpaired) electrons. The first kappa shape index (κ1) is 36.3. The van der Waals surface area contributed by atoms with Crippen molar-refractivity contribution in [1.82, 2.24) is 0 Å². The van der Waals surface area contributed by atoms with Gasteiger partial charge in [-0.15, -0.1) is 0 Å². The predicted molar refractivity (Wildman–Crippen MR) is 42.2 cm³/mol. The summed E-state index contributed by atoms with van der Waals surface area (Å²) in [5.41, 5.74) is 0. The average Bonchev–Trinajstić information content (AvgIpc) is 1.84. The van der Waals surface area contributed by atoms with E-state index in [-0.39, 0.29) is 59.6 Å². The molecule has 10 nitrogen and oxygen atoms in total. The molecular weight excluding hydrogens is 248 g/mol. The van der Waals surface area contributed by atoms with Crippen LogP contribution in [0.4, 0.5) is 0 Å². The number of carboxylic acids is 2. The standard InChI is InChI=1S/C4H6O6.Ca.4H2O/c5-1(3(7)8)2(6)4(9)10;;;;;/h1-2,5-6H,(H,7,8)(H,9,10);;4*1H2/q;+2;;;;/p-2. The van der Waals surface area contributed by atoms with E-state index in [0.717, 1.165) is 0 Å². The summed E-state index contributed by atoms with van der Waals surface area (Å²) in [5, 5.41) is 35.7. The quantitative estimate of drug-likeness (QED) is 0.465. The van der Waals surface area contributed by atoms with Crippen molar-refractivity contribution in [2.45, 2.75) is 12.2 Å². The molecule has 2 atom stereocenters. The molecule has 2 unspecified atom stereocenters. The average molecular weight is 260 g/mol. The largest absolute Gasteiger partial charge is 2.00 e. The van der Waals surface area contributed by atoms with Crippen LogP contribution >= 0.6 is 0 Å². The van der Waals surface area contributed by atoms with Crippen molar-refractivity contribution in [2.24, 2.45) is 0 Å². The van der Waals surface area contributed by atoms with Crippen LogP contribution in [0.15, 0.2) is 0 Å². The molecule has 0 bridgehead atoms. The number of hydrogen-bond donors (Lipinski definition) is 2. The molecule has 0 aromatic rings. The van der Waals surface area contributed by atoms with Gasteiger partial charge in [-0.05, 0) is 0 Å². The molecule has 0 fully saturated rings. The first-order valence-corrected chi connectivity index (χ1v) is 2.24. The Hall–Kier alpha value is -0.0403. The molecule has 0 rings (SSSR count). The molecular formula is C4H12CaO10. The normalized spacial score (nSPS) is 10.5. The van der Waals surface area contributed by atoms with Gasteiger partial charge in [0.15, 0.2) is 0 Å². The van der Waals surface area contributed by atoms with E-state index in [1.165, 1.54) is 0 Å². The van der Waals surface area contributed by atoms with E-state index in [1.54, 1.807) is 0 Å². The second-order valence-electron chi connectivity index (χ2n) is 1.53. The van der Waals surface area contributed by atoms with Gasteiger partial charge in [0.05, 0.1) is 11.9 Å². The summed E-state index contributed by atoms with van der Waals surface area (Å²) >= 11 is 0. The van der Waals surface area contributed by atoms with Gasteiger partial charge in [-0.25, -0.2) is 0 Å². The molecule has 0 spiro atoms. The second kappa shape index (κ2) is 16.4. The summed E-state index contributed by atoms with van der Waals surface area (Å²) in [6.07, 6.45) is -4.88. The molecule has 0 aliphatic heterocycles. The number of carboxylic acid groups (broad SMARTS) is 2. The Morgan fingerprint density at radius 1 is 0.800 bits per heavy atom. The zero-order chi connectivity index (χ0) is 8.31. The van der Waals surface area contributed by atoms with Crippen molar-refractivity contribution < 1.29 is 51.9 Å². The SMILES string of the molecule is O.O.O.O.O=C([O-])C(O)C(O)C(=O)[O-].[Ca+2]. The number of hydrogen-bond acceptors (Lipinski definition) is 6. The third-order valence-electron chi connectivity index (χ3n) is 0.782. The first-order valence-electron chi connectivity index (χ1n) is 2.24. The van der Waals surface area contributed by atoms with Crippen LogP contribution in [0.1, 0.15) is 0 Å². The summed E-state index contributed by atoms with van der Waals surface area (Å²) < 4.78 is 0. The van der Waals surface area contributed by atoms with Crippen molar-refractivity contribution in [3.8, 4) is 0 Å². The van der Waals surface area contributed by atoms with Crippen LogP contribution in [0.2, 0.25) is 0 Å². The van der Waals surface area contributed by atoms with Crippen LogP contribution in [0.3, 0.4) is 0 Å². The van der Waals surface area contributed by atoms with Crippen LogP contribution in [0.25, 0.3) is 0 Å². The van der Waals surface area contributed by atoms with Crippen molar-refractivity contribution in [1.29, 1.82) is 0 Å². The summed E-state index contributed by atoms with van der Waals surface area (Å²) in [6, 6.07) is 0. The Morgan fingerprint density at radius 2 is 0.933 bits per heavy atom. The van der Waals surface area contributed by atoms with Gasteiger partial charge in [-0.3, -0.25) is 0 Å². The van der Waals surface area contributed by atoms with Gasteiger partial charge >= 0.3 is 37.7 Å². The Bertz CT molecular complexity index is 142. The maximum Gasteiger partial charge on any atom is 2.00 e. The molecule has 0 saturated carbocycles. The number of aliphatic hydroxyl groups excluding tert-OH is 2. The summed E-state index contributed by atoms with van der Waals surface area (Å²) in [4.78, 5) is 19.3. The number of aliphatic carboxylic acids is 2. The van der Waals surface area contributed by atoms with Gasteiger partial charge in [0.1, 0.15) is 12.2 Å². The van der Waals surface area contributed by atoms with Crippen molar-refractivity contribution in [3.63, 3.8) is 0 Å². The van der Waals surface area contributed by atoms with Gasteiger partial charge in [0, 0.05) is 0 Å². The van der Waals surface area contributed by atoms with Crippen LogP contribution in [-0.2, 0) is 9.59 Å². The van der Waals surface area contributed by atoms with E-state index in [1.807, 2.05) is 0 Å². The van der Waals surface area contributed by atoms with E-state index < -0.39 is 24.1 Å². The van der Waals surface area contributed by atoms with Crippen molar-refractivity contribution in [3.05, 3.63) is 0 Å². The number of carbonyl (C=O) groups excluding carboxylic acids is 2. The van der Waals surface area contributed by atoms with Crippen LogP contribution in [0, 0.1) is 0 Å². The third kappa shape index (κ3) is 14.0. The van der Waals surface area contributed by atoms with Crippen LogP contribution in [0.5, 0.6) is 0 Å². The maximum absolute atomic E-state index is 9.63. The van der Waals surface area contributed by atoms with Crippen molar-refractivity contribution >= 4 is 49.7 Å². The van der Waals surface area contributed by atoms with E-state index >= 15 is 0 Å².